The van der Waals surface area contributed by atoms with E-state index in [0.717, 1.165) is 11.1 Å². The lowest BCUT2D eigenvalue weighted by Crippen LogP contribution is -2.02. The summed E-state index contributed by atoms with van der Waals surface area (Å²) in [7, 11) is 3.18. The van der Waals surface area contributed by atoms with E-state index in [9.17, 15) is 0 Å². The van der Waals surface area contributed by atoms with Crippen molar-refractivity contribution in [3.05, 3.63) is 83.9 Å². The molecule has 134 valence electrons. The third kappa shape index (κ3) is 4.28. The first-order valence-electron chi connectivity index (χ1n) is 8.40. The zero-order valence-electron chi connectivity index (χ0n) is 15.0. The first kappa shape index (κ1) is 17.7. The van der Waals surface area contributed by atoms with E-state index in [0.29, 0.717) is 36.2 Å². The van der Waals surface area contributed by atoms with Crippen molar-refractivity contribution in [2.75, 3.05) is 14.2 Å². The molecule has 0 amide bonds. The number of rotatable bonds is 8. The van der Waals surface area contributed by atoms with Crippen molar-refractivity contribution in [1.82, 2.24) is 0 Å². The molecule has 0 aliphatic carbocycles. The van der Waals surface area contributed by atoms with Crippen LogP contribution >= 0.6 is 0 Å². The Morgan fingerprint density at radius 1 is 0.538 bits per heavy atom. The van der Waals surface area contributed by atoms with Crippen LogP contribution in [0.5, 0.6) is 23.0 Å². The van der Waals surface area contributed by atoms with Crippen molar-refractivity contribution in [2.45, 2.75) is 13.2 Å². The third-order valence-electron chi connectivity index (χ3n) is 3.92. The molecule has 0 unspecified atom stereocenters. The molecule has 4 heteroatoms. The van der Waals surface area contributed by atoms with Crippen molar-refractivity contribution in [2.24, 2.45) is 0 Å². The van der Waals surface area contributed by atoms with Crippen molar-refractivity contribution < 1.29 is 18.9 Å². The Hall–Kier alpha value is -3.14. The molecule has 0 heterocycles. The van der Waals surface area contributed by atoms with Gasteiger partial charge in [0.05, 0.1) is 14.2 Å². The van der Waals surface area contributed by atoms with Crippen molar-refractivity contribution in [3.8, 4) is 23.0 Å². The summed E-state index contributed by atoms with van der Waals surface area (Å²) in [6, 6.07) is 23.6. The second-order valence-corrected chi connectivity index (χ2v) is 5.68. The molecule has 0 fully saturated rings. The van der Waals surface area contributed by atoms with Gasteiger partial charge in [-0.15, -0.1) is 0 Å². The highest BCUT2D eigenvalue weighted by atomic mass is 16.5. The third-order valence-corrected chi connectivity index (χ3v) is 3.92. The maximum Gasteiger partial charge on any atom is 0.207 e. The SMILES string of the molecule is COc1c(OCc2ccccc2)ccc(OCc2ccccc2)c1OC. The van der Waals surface area contributed by atoms with E-state index in [1.807, 2.05) is 72.8 Å². The predicted molar refractivity (Wildman–Crippen MR) is 101 cm³/mol. The van der Waals surface area contributed by atoms with Crippen LogP contribution in [0.3, 0.4) is 0 Å². The highest BCUT2D eigenvalue weighted by Crippen LogP contribution is 2.44. The van der Waals surface area contributed by atoms with Gasteiger partial charge in [0, 0.05) is 0 Å². The summed E-state index contributed by atoms with van der Waals surface area (Å²) in [6.07, 6.45) is 0. The van der Waals surface area contributed by atoms with Crippen LogP contribution in [-0.2, 0) is 13.2 Å². The topological polar surface area (TPSA) is 36.9 Å². The molecule has 0 saturated heterocycles. The molecular weight excluding hydrogens is 328 g/mol. The molecule has 0 bridgehead atoms. The molecular formula is C22H22O4. The Labute approximate surface area is 153 Å². The summed E-state index contributed by atoms with van der Waals surface area (Å²) >= 11 is 0. The molecule has 0 aliphatic rings. The van der Waals surface area contributed by atoms with E-state index in [4.69, 9.17) is 18.9 Å². The van der Waals surface area contributed by atoms with Crippen LogP contribution in [0.2, 0.25) is 0 Å². The largest absolute Gasteiger partial charge is 0.490 e. The Morgan fingerprint density at radius 3 is 1.27 bits per heavy atom. The Balaban J connectivity index is 1.77. The highest BCUT2D eigenvalue weighted by molar-refractivity contribution is 5.59. The number of ether oxygens (including phenoxy) is 4. The van der Waals surface area contributed by atoms with Gasteiger partial charge in [0.25, 0.3) is 0 Å². The summed E-state index contributed by atoms with van der Waals surface area (Å²) in [4.78, 5) is 0. The molecule has 0 aromatic heterocycles. The Morgan fingerprint density at radius 2 is 0.923 bits per heavy atom. The van der Waals surface area contributed by atoms with E-state index < -0.39 is 0 Å². The van der Waals surface area contributed by atoms with Crippen LogP contribution in [0, 0.1) is 0 Å². The first-order chi connectivity index (χ1) is 12.8. The number of hydrogen-bond acceptors (Lipinski definition) is 4. The minimum absolute atomic E-state index is 0.449. The van der Waals surface area contributed by atoms with Crippen LogP contribution in [0.15, 0.2) is 72.8 Å². The van der Waals surface area contributed by atoms with E-state index in [-0.39, 0.29) is 0 Å². The molecule has 3 aromatic rings. The standard InChI is InChI=1S/C22H22O4/c1-23-21-19(25-15-17-9-5-3-6-10-17)13-14-20(22(21)24-2)26-16-18-11-7-4-8-12-18/h3-14H,15-16H2,1-2H3. The van der Waals surface area contributed by atoms with Gasteiger partial charge in [0.1, 0.15) is 13.2 Å². The van der Waals surface area contributed by atoms with Crippen LogP contribution in [0.1, 0.15) is 11.1 Å². The van der Waals surface area contributed by atoms with Gasteiger partial charge in [0.2, 0.25) is 11.5 Å². The van der Waals surface area contributed by atoms with E-state index >= 15 is 0 Å². The molecule has 0 aliphatic heterocycles. The molecule has 26 heavy (non-hydrogen) atoms. The number of hydrogen-bond donors (Lipinski definition) is 0. The lowest BCUT2D eigenvalue weighted by atomic mass is 10.2. The maximum atomic E-state index is 5.91. The number of methoxy groups -OCH3 is 2. The average molecular weight is 350 g/mol. The Bertz CT molecular complexity index is 746. The average Bonchev–Trinajstić information content (AvgIpc) is 2.71. The first-order valence-corrected chi connectivity index (χ1v) is 8.40. The smallest absolute Gasteiger partial charge is 0.207 e. The van der Waals surface area contributed by atoms with Crippen molar-refractivity contribution >= 4 is 0 Å². The van der Waals surface area contributed by atoms with Gasteiger partial charge < -0.3 is 18.9 Å². The quantitative estimate of drug-likeness (QED) is 0.581. The summed E-state index contributed by atoms with van der Waals surface area (Å²) in [5, 5.41) is 0. The second-order valence-electron chi connectivity index (χ2n) is 5.68. The Kier molecular flexibility index (Phi) is 5.99. The van der Waals surface area contributed by atoms with Crippen LogP contribution in [-0.4, -0.2) is 14.2 Å². The fraction of sp³-hybridized carbons (Fsp3) is 0.182. The van der Waals surface area contributed by atoms with Crippen molar-refractivity contribution in [3.63, 3.8) is 0 Å². The summed E-state index contributed by atoms with van der Waals surface area (Å²) in [5.41, 5.74) is 2.16. The van der Waals surface area contributed by atoms with Gasteiger partial charge in [-0.2, -0.15) is 0 Å². The van der Waals surface area contributed by atoms with Crippen LogP contribution in [0.4, 0.5) is 0 Å². The molecule has 3 rings (SSSR count). The maximum absolute atomic E-state index is 5.91. The zero-order valence-corrected chi connectivity index (χ0v) is 15.0. The van der Waals surface area contributed by atoms with Gasteiger partial charge >= 0.3 is 0 Å². The number of benzene rings is 3. The lowest BCUT2D eigenvalue weighted by Gasteiger charge is -2.17. The predicted octanol–water partition coefficient (Wildman–Crippen LogP) is 4.86. The summed E-state index contributed by atoms with van der Waals surface area (Å²) in [6.45, 7) is 0.898. The molecule has 0 N–H and O–H groups in total. The van der Waals surface area contributed by atoms with Gasteiger partial charge in [0.15, 0.2) is 11.5 Å². The van der Waals surface area contributed by atoms with E-state index in [2.05, 4.69) is 0 Å². The fourth-order valence-electron chi connectivity index (χ4n) is 2.61. The molecule has 3 aromatic carbocycles. The molecule has 0 saturated carbocycles. The zero-order chi connectivity index (χ0) is 18.2. The van der Waals surface area contributed by atoms with Gasteiger partial charge in [-0.05, 0) is 23.3 Å². The summed E-state index contributed by atoms with van der Waals surface area (Å²) in [5.74, 6) is 2.27. The lowest BCUT2D eigenvalue weighted by molar-refractivity contribution is 0.256. The highest BCUT2D eigenvalue weighted by Gasteiger charge is 2.17. The van der Waals surface area contributed by atoms with E-state index in [1.165, 1.54) is 0 Å². The summed E-state index contributed by atoms with van der Waals surface area (Å²) < 4.78 is 22.9. The fourth-order valence-corrected chi connectivity index (χ4v) is 2.61. The van der Waals surface area contributed by atoms with Crippen LogP contribution < -0.4 is 18.9 Å². The molecule has 0 spiro atoms. The molecule has 0 radical (unpaired) electrons. The van der Waals surface area contributed by atoms with Gasteiger partial charge in [-0.3, -0.25) is 0 Å². The molecule has 0 atom stereocenters. The van der Waals surface area contributed by atoms with Crippen LogP contribution in [0.25, 0.3) is 0 Å². The monoisotopic (exact) mass is 350 g/mol. The van der Waals surface area contributed by atoms with E-state index in [1.54, 1.807) is 14.2 Å². The minimum atomic E-state index is 0.449. The second kappa shape index (κ2) is 8.81. The van der Waals surface area contributed by atoms with Crippen molar-refractivity contribution in [1.29, 1.82) is 0 Å². The molecule has 4 nitrogen and oxygen atoms in total. The normalized spacial score (nSPS) is 10.2. The van der Waals surface area contributed by atoms with Gasteiger partial charge in [-0.1, -0.05) is 60.7 Å². The minimum Gasteiger partial charge on any atom is -0.490 e. The van der Waals surface area contributed by atoms with Gasteiger partial charge in [-0.25, -0.2) is 0 Å².